The summed E-state index contributed by atoms with van der Waals surface area (Å²) in [6.45, 7) is 0.631. The SMILES string of the molecule is O=C1[C@@H]2[C@H](C=CCN1c1ccccc1)O[C@]13C=CCN(C4CCCCC4)C(=O)C1N(CCO)C(=O)[C@H]23. The maximum Gasteiger partial charge on any atom is 0.249 e. The molecule has 0 radical (unpaired) electrons. The second-order valence-electron chi connectivity index (χ2n) is 10.5. The number of likely N-dealkylation sites (tertiary alicyclic amines) is 1. The zero-order chi connectivity index (χ0) is 24.9. The normalized spacial score (nSPS) is 34.5. The summed E-state index contributed by atoms with van der Waals surface area (Å²) in [4.78, 5) is 47.2. The molecule has 8 nitrogen and oxygen atoms in total. The molecule has 1 aromatic carbocycles. The van der Waals surface area contributed by atoms with Gasteiger partial charge in [0.1, 0.15) is 11.6 Å². The van der Waals surface area contributed by atoms with Crippen molar-refractivity contribution in [2.75, 3.05) is 31.1 Å². The van der Waals surface area contributed by atoms with Gasteiger partial charge in [0, 0.05) is 31.4 Å². The summed E-state index contributed by atoms with van der Waals surface area (Å²) in [5, 5.41) is 9.82. The maximum absolute atomic E-state index is 14.2. The molecule has 1 saturated carbocycles. The molecule has 5 aliphatic rings. The Kier molecular flexibility index (Phi) is 5.96. The lowest BCUT2D eigenvalue weighted by atomic mass is 9.77. The van der Waals surface area contributed by atoms with Gasteiger partial charge in [-0.1, -0.05) is 61.8 Å². The summed E-state index contributed by atoms with van der Waals surface area (Å²) < 4.78 is 6.64. The number of benzene rings is 1. The number of aliphatic hydroxyl groups is 1. The van der Waals surface area contributed by atoms with E-state index >= 15 is 0 Å². The molecule has 0 bridgehead atoms. The third kappa shape index (κ3) is 3.45. The number of hydrogen-bond donors (Lipinski definition) is 1. The number of nitrogens with zero attached hydrogens (tertiary/aromatic N) is 3. The fourth-order valence-corrected chi connectivity index (χ4v) is 7.06. The van der Waals surface area contributed by atoms with Crippen molar-refractivity contribution >= 4 is 23.4 Å². The average Bonchev–Trinajstić information content (AvgIpc) is 3.20. The van der Waals surface area contributed by atoms with Gasteiger partial charge >= 0.3 is 0 Å². The number of aliphatic hydroxyl groups excluding tert-OH is 1. The molecule has 190 valence electrons. The number of ether oxygens (including phenoxy) is 1. The minimum absolute atomic E-state index is 0.0347. The zero-order valence-electron chi connectivity index (χ0n) is 20.4. The highest BCUT2D eigenvalue weighted by Crippen LogP contribution is 2.53. The first kappa shape index (κ1) is 23.4. The number of fused-ring (bicyclic) bond motifs is 2. The highest BCUT2D eigenvalue weighted by Gasteiger charge is 2.71. The third-order valence-electron chi connectivity index (χ3n) is 8.61. The second kappa shape index (κ2) is 9.16. The van der Waals surface area contributed by atoms with Gasteiger partial charge in [0.05, 0.1) is 24.5 Å². The van der Waals surface area contributed by atoms with Gasteiger partial charge in [0.15, 0.2) is 0 Å². The van der Waals surface area contributed by atoms with Crippen LogP contribution in [0.5, 0.6) is 0 Å². The number of amides is 3. The molecule has 8 heteroatoms. The Labute approximate surface area is 211 Å². The van der Waals surface area contributed by atoms with Crippen molar-refractivity contribution in [2.45, 2.75) is 55.9 Å². The van der Waals surface area contributed by atoms with Crippen molar-refractivity contribution < 1.29 is 24.2 Å². The monoisotopic (exact) mass is 491 g/mol. The number of β-amino-alcohol motifs (C(OH)–C–C–N with tert-alkyl or cyclic N) is 1. The highest BCUT2D eigenvalue weighted by atomic mass is 16.5. The van der Waals surface area contributed by atoms with Crippen molar-refractivity contribution in [2.24, 2.45) is 11.8 Å². The molecule has 1 spiro atoms. The maximum atomic E-state index is 14.2. The molecular formula is C28H33N3O5. The minimum atomic E-state index is -1.23. The van der Waals surface area contributed by atoms with E-state index < -0.39 is 29.6 Å². The molecule has 3 amide bonds. The lowest BCUT2D eigenvalue weighted by Crippen LogP contribution is -2.57. The van der Waals surface area contributed by atoms with E-state index in [4.69, 9.17) is 4.74 Å². The molecule has 5 atom stereocenters. The minimum Gasteiger partial charge on any atom is -0.395 e. The lowest BCUT2D eigenvalue weighted by Gasteiger charge is -2.39. The Bertz CT molecular complexity index is 1100. The summed E-state index contributed by atoms with van der Waals surface area (Å²) in [5.74, 6) is -2.18. The van der Waals surface area contributed by atoms with Gasteiger partial charge in [0.2, 0.25) is 17.7 Å². The summed E-state index contributed by atoms with van der Waals surface area (Å²) in [6.07, 6.45) is 12.3. The molecule has 3 fully saturated rings. The number of rotatable bonds is 4. The van der Waals surface area contributed by atoms with Crippen LogP contribution in [0, 0.1) is 11.8 Å². The van der Waals surface area contributed by atoms with Crippen LogP contribution in [0.15, 0.2) is 54.6 Å². The largest absolute Gasteiger partial charge is 0.395 e. The van der Waals surface area contributed by atoms with Crippen LogP contribution in [0.4, 0.5) is 5.69 Å². The molecule has 2 saturated heterocycles. The zero-order valence-corrected chi connectivity index (χ0v) is 20.4. The second-order valence-corrected chi connectivity index (χ2v) is 10.5. The average molecular weight is 492 g/mol. The van der Waals surface area contributed by atoms with E-state index in [9.17, 15) is 19.5 Å². The van der Waals surface area contributed by atoms with Crippen LogP contribution in [-0.2, 0) is 19.1 Å². The smallest absolute Gasteiger partial charge is 0.249 e. The van der Waals surface area contributed by atoms with Gasteiger partial charge < -0.3 is 24.5 Å². The van der Waals surface area contributed by atoms with Crippen molar-refractivity contribution in [3.8, 4) is 0 Å². The number of carbonyl (C=O) groups is 3. The van der Waals surface area contributed by atoms with Crippen LogP contribution < -0.4 is 4.90 Å². The number of hydrogen-bond acceptors (Lipinski definition) is 5. The van der Waals surface area contributed by atoms with E-state index in [1.807, 2.05) is 59.5 Å². The van der Waals surface area contributed by atoms with Gasteiger partial charge in [-0.2, -0.15) is 0 Å². The Morgan fingerprint density at radius 3 is 2.47 bits per heavy atom. The van der Waals surface area contributed by atoms with Gasteiger partial charge in [0.25, 0.3) is 0 Å². The van der Waals surface area contributed by atoms with Gasteiger partial charge in [-0.25, -0.2) is 0 Å². The third-order valence-corrected chi connectivity index (χ3v) is 8.61. The first-order chi connectivity index (χ1) is 17.6. The quantitative estimate of drug-likeness (QED) is 0.650. The van der Waals surface area contributed by atoms with Crippen molar-refractivity contribution in [1.82, 2.24) is 9.80 Å². The van der Waals surface area contributed by atoms with Crippen LogP contribution in [-0.4, -0.2) is 82.7 Å². The summed E-state index contributed by atoms with van der Waals surface area (Å²) in [7, 11) is 0. The first-order valence-corrected chi connectivity index (χ1v) is 13.2. The number of para-hydroxylation sites is 1. The number of anilines is 1. The fourth-order valence-electron chi connectivity index (χ4n) is 7.06. The lowest BCUT2D eigenvalue weighted by molar-refractivity contribution is -0.149. The predicted octanol–water partition coefficient (Wildman–Crippen LogP) is 1.89. The first-order valence-electron chi connectivity index (χ1n) is 13.2. The summed E-state index contributed by atoms with van der Waals surface area (Å²) >= 11 is 0. The Morgan fingerprint density at radius 2 is 1.72 bits per heavy atom. The van der Waals surface area contributed by atoms with Gasteiger partial charge in [-0.05, 0) is 25.0 Å². The van der Waals surface area contributed by atoms with Crippen molar-refractivity contribution in [1.29, 1.82) is 0 Å². The van der Waals surface area contributed by atoms with Gasteiger partial charge in [-0.15, -0.1) is 0 Å². The molecule has 6 rings (SSSR count). The Balaban J connectivity index is 1.41. The predicted molar refractivity (Wildman–Crippen MR) is 133 cm³/mol. The molecule has 1 aliphatic carbocycles. The van der Waals surface area contributed by atoms with Crippen molar-refractivity contribution in [3.05, 3.63) is 54.6 Å². The molecule has 1 N–H and O–H groups in total. The molecule has 4 heterocycles. The Morgan fingerprint density at radius 1 is 0.944 bits per heavy atom. The van der Waals surface area contributed by atoms with Crippen molar-refractivity contribution in [3.63, 3.8) is 0 Å². The topological polar surface area (TPSA) is 90.4 Å². The molecule has 4 aliphatic heterocycles. The summed E-state index contributed by atoms with van der Waals surface area (Å²) in [5.41, 5.74) is -0.471. The van der Waals surface area contributed by atoms with Gasteiger partial charge in [-0.3, -0.25) is 14.4 Å². The van der Waals surface area contributed by atoms with Crippen LogP contribution in [0.1, 0.15) is 32.1 Å². The van der Waals surface area contributed by atoms with E-state index in [0.717, 1.165) is 31.4 Å². The van der Waals surface area contributed by atoms with E-state index in [0.29, 0.717) is 13.1 Å². The van der Waals surface area contributed by atoms with E-state index in [2.05, 4.69) is 0 Å². The molecule has 1 unspecified atom stereocenters. The highest BCUT2D eigenvalue weighted by molar-refractivity contribution is 6.03. The Hall–Kier alpha value is -2.97. The molecule has 1 aromatic rings. The summed E-state index contributed by atoms with van der Waals surface area (Å²) in [6, 6.07) is 8.68. The number of carbonyl (C=O) groups excluding carboxylic acids is 3. The van der Waals surface area contributed by atoms with Crippen LogP contribution in [0.25, 0.3) is 0 Å². The molecule has 0 aromatic heterocycles. The van der Waals surface area contributed by atoms with Crippen LogP contribution in [0.3, 0.4) is 0 Å². The van der Waals surface area contributed by atoms with Crippen LogP contribution >= 0.6 is 0 Å². The molecular weight excluding hydrogens is 458 g/mol. The van der Waals surface area contributed by atoms with E-state index in [-0.39, 0.29) is 36.9 Å². The standard InChI is InChI=1S/C28H33N3O5/c32-18-17-31-24-27(35)30(20-11-5-2-6-12-20)16-8-14-28(24)23(26(31)34)22-21(36-28)13-7-15-29(25(22)33)19-9-3-1-4-10-19/h1,3-4,7-10,13-14,20-24,32H,2,5-6,11-12,15-18H2/t21-,22+,23-,24?,28-/m0/s1. The molecule has 36 heavy (non-hydrogen) atoms. The van der Waals surface area contributed by atoms with E-state index in [1.165, 1.54) is 11.3 Å². The fraction of sp³-hybridized carbons (Fsp3) is 0.536. The van der Waals surface area contributed by atoms with Crippen LogP contribution in [0.2, 0.25) is 0 Å². The van der Waals surface area contributed by atoms with E-state index in [1.54, 1.807) is 4.90 Å².